The zero-order valence-electron chi connectivity index (χ0n) is 12.0. The first-order valence-corrected chi connectivity index (χ1v) is 7.60. The average Bonchev–Trinajstić information content (AvgIpc) is 2.51. The molecule has 0 saturated carbocycles. The summed E-state index contributed by atoms with van der Waals surface area (Å²) in [6, 6.07) is 18.7. The van der Waals surface area contributed by atoms with Crippen molar-refractivity contribution in [3.63, 3.8) is 0 Å². The van der Waals surface area contributed by atoms with E-state index in [1.165, 1.54) is 5.56 Å². The Kier molecular flexibility index (Phi) is 5.59. The molecule has 0 spiro atoms. The van der Waals surface area contributed by atoms with Gasteiger partial charge in [-0.3, -0.25) is 0 Å². The van der Waals surface area contributed by atoms with Crippen LogP contribution in [0.15, 0.2) is 53.0 Å². The van der Waals surface area contributed by atoms with Crippen LogP contribution in [0.2, 0.25) is 0 Å². The minimum atomic E-state index is 0.543. The van der Waals surface area contributed by atoms with Crippen molar-refractivity contribution < 1.29 is 0 Å². The topological polar surface area (TPSA) is 27.0 Å². The molecule has 0 unspecified atom stereocenters. The van der Waals surface area contributed by atoms with Gasteiger partial charge in [-0.15, -0.1) is 0 Å². The standard InChI is InChI=1S/C18H17BrN2/c1-21(13-3-12-20)18-10-8-15(9-11-18)6-7-16-4-2-5-17(19)14-16/h2,4-11,14H,3,13H2,1H3/b7-6+. The average molecular weight is 341 g/mol. The SMILES string of the molecule is CN(CCC#N)c1ccc(/C=C/c2cccc(Br)c2)cc1. The molecule has 0 aliphatic heterocycles. The van der Waals surface area contributed by atoms with Gasteiger partial charge in [0.15, 0.2) is 0 Å². The van der Waals surface area contributed by atoms with Crippen molar-refractivity contribution in [2.24, 2.45) is 0 Å². The Hall–Kier alpha value is -2.05. The van der Waals surface area contributed by atoms with Gasteiger partial charge in [-0.2, -0.15) is 5.26 Å². The molecule has 106 valence electrons. The third-order valence-corrected chi connectivity index (χ3v) is 3.70. The minimum Gasteiger partial charge on any atom is -0.374 e. The van der Waals surface area contributed by atoms with Gasteiger partial charge < -0.3 is 4.90 Å². The highest BCUT2D eigenvalue weighted by Gasteiger charge is 1.99. The Balaban J connectivity index is 2.04. The summed E-state index contributed by atoms with van der Waals surface area (Å²) in [5.74, 6) is 0. The predicted octanol–water partition coefficient (Wildman–Crippen LogP) is 4.97. The van der Waals surface area contributed by atoms with E-state index in [1.54, 1.807) is 0 Å². The lowest BCUT2D eigenvalue weighted by Gasteiger charge is -2.17. The monoisotopic (exact) mass is 340 g/mol. The fraction of sp³-hybridized carbons (Fsp3) is 0.167. The molecule has 0 bridgehead atoms. The summed E-state index contributed by atoms with van der Waals surface area (Å²) in [4.78, 5) is 2.09. The summed E-state index contributed by atoms with van der Waals surface area (Å²) < 4.78 is 1.08. The van der Waals surface area contributed by atoms with Gasteiger partial charge in [0.25, 0.3) is 0 Å². The maximum Gasteiger partial charge on any atom is 0.0640 e. The molecular weight excluding hydrogens is 324 g/mol. The van der Waals surface area contributed by atoms with Gasteiger partial charge in [0.2, 0.25) is 0 Å². The van der Waals surface area contributed by atoms with Gasteiger partial charge in [0.05, 0.1) is 12.5 Å². The second-order valence-corrected chi connectivity index (χ2v) is 5.73. The predicted molar refractivity (Wildman–Crippen MR) is 93.0 cm³/mol. The van der Waals surface area contributed by atoms with E-state index in [0.717, 1.165) is 22.3 Å². The second-order valence-electron chi connectivity index (χ2n) is 4.81. The number of hydrogen-bond acceptors (Lipinski definition) is 2. The highest BCUT2D eigenvalue weighted by molar-refractivity contribution is 9.10. The van der Waals surface area contributed by atoms with Crippen LogP contribution in [0.5, 0.6) is 0 Å². The molecule has 0 amide bonds. The van der Waals surface area contributed by atoms with Gasteiger partial charge in [-0.05, 0) is 35.4 Å². The molecule has 0 aromatic heterocycles. The molecule has 0 aliphatic carbocycles. The molecule has 3 heteroatoms. The second kappa shape index (κ2) is 7.66. The van der Waals surface area contributed by atoms with Crippen LogP contribution in [0.3, 0.4) is 0 Å². The van der Waals surface area contributed by atoms with Crippen molar-refractivity contribution in [1.82, 2.24) is 0 Å². The molecule has 0 radical (unpaired) electrons. The molecule has 0 fully saturated rings. The molecule has 0 atom stereocenters. The summed E-state index contributed by atoms with van der Waals surface area (Å²) in [7, 11) is 2.00. The molecule has 0 aliphatic rings. The molecule has 2 aromatic carbocycles. The van der Waals surface area contributed by atoms with Crippen LogP contribution >= 0.6 is 15.9 Å². The van der Waals surface area contributed by atoms with Gasteiger partial charge in [0.1, 0.15) is 0 Å². The van der Waals surface area contributed by atoms with Crippen LogP contribution in [0, 0.1) is 11.3 Å². The fourth-order valence-electron chi connectivity index (χ4n) is 1.99. The Morgan fingerprint density at radius 2 is 1.81 bits per heavy atom. The van der Waals surface area contributed by atoms with Crippen molar-refractivity contribution in [3.8, 4) is 6.07 Å². The maximum atomic E-state index is 8.61. The van der Waals surface area contributed by atoms with Crippen molar-refractivity contribution in [2.75, 3.05) is 18.5 Å². The molecule has 21 heavy (non-hydrogen) atoms. The van der Waals surface area contributed by atoms with E-state index in [0.29, 0.717) is 6.42 Å². The Morgan fingerprint density at radius 3 is 2.48 bits per heavy atom. The number of rotatable bonds is 5. The normalized spacial score (nSPS) is 10.5. The molecule has 0 N–H and O–H groups in total. The maximum absolute atomic E-state index is 8.61. The summed E-state index contributed by atoms with van der Waals surface area (Å²) >= 11 is 3.47. The first kappa shape index (κ1) is 15.3. The lowest BCUT2D eigenvalue weighted by atomic mass is 10.1. The van der Waals surface area contributed by atoms with Crippen LogP contribution in [-0.4, -0.2) is 13.6 Å². The van der Waals surface area contributed by atoms with Crippen LogP contribution in [0.4, 0.5) is 5.69 Å². The molecule has 2 aromatic rings. The van der Waals surface area contributed by atoms with Gasteiger partial charge in [-0.25, -0.2) is 0 Å². The van der Waals surface area contributed by atoms with E-state index < -0.39 is 0 Å². The van der Waals surface area contributed by atoms with Gasteiger partial charge >= 0.3 is 0 Å². The van der Waals surface area contributed by atoms with E-state index >= 15 is 0 Å². The molecule has 0 heterocycles. The van der Waals surface area contributed by atoms with E-state index in [9.17, 15) is 0 Å². The number of hydrogen-bond donors (Lipinski definition) is 0. The largest absolute Gasteiger partial charge is 0.374 e. The first-order valence-electron chi connectivity index (χ1n) is 6.81. The van der Waals surface area contributed by atoms with Crippen molar-refractivity contribution in [2.45, 2.75) is 6.42 Å². The number of nitriles is 1. The summed E-state index contributed by atoms with van der Waals surface area (Å²) in [6.45, 7) is 0.754. The molecular formula is C18H17BrN2. The van der Waals surface area contributed by atoms with Gasteiger partial charge in [0, 0.05) is 23.8 Å². The van der Waals surface area contributed by atoms with Crippen LogP contribution < -0.4 is 4.90 Å². The first-order chi connectivity index (χ1) is 10.2. The summed E-state index contributed by atoms with van der Waals surface area (Å²) in [5.41, 5.74) is 3.46. The molecule has 0 saturated heterocycles. The quantitative estimate of drug-likeness (QED) is 0.718. The van der Waals surface area contributed by atoms with Crippen molar-refractivity contribution in [3.05, 3.63) is 64.1 Å². The number of anilines is 1. The third kappa shape index (κ3) is 4.77. The summed E-state index contributed by atoms with van der Waals surface area (Å²) in [5, 5.41) is 8.61. The third-order valence-electron chi connectivity index (χ3n) is 3.21. The number of benzene rings is 2. The van der Waals surface area contributed by atoms with Gasteiger partial charge in [-0.1, -0.05) is 52.3 Å². The van der Waals surface area contributed by atoms with E-state index in [-0.39, 0.29) is 0 Å². The van der Waals surface area contributed by atoms with Crippen LogP contribution in [-0.2, 0) is 0 Å². The smallest absolute Gasteiger partial charge is 0.0640 e. The van der Waals surface area contributed by atoms with E-state index in [4.69, 9.17) is 5.26 Å². The van der Waals surface area contributed by atoms with Crippen LogP contribution in [0.1, 0.15) is 17.5 Å². The molecule has 2 rings (SSSR count). The summed E-state index contributed by atoms with van der Waals surface area (Å²) in [6.07, 6.45) is 4.74. The Labute approximate surface area is 134 Å². The molecule has 2 nitrogen and oxygen atoms in total. The Bertz CT molecular complexity index is 654. The lowest BCUT2D eigenvalue weighted by molar-refractivity contribution is 0.905. The minimum absolute atomic E-state index is 0.543. The highest BCUT2D eigenvalue weighted by Crippen LogP contribution is 2.17. The highest BCUT2D eigenvalue weighted by atomic mass is 79.9. The zero-order chi connectivity index (χ0) is 15.1. The van der Waals surface area contributed by atoms with E-state index in [1.807, 2.05) is 19.2 Å². The Morgan fingerprint density at radius 1 is 1.10 bits per heavy atom. The van der Waals surface area contributed by atoms with Crippen molar-refractivity contribution >= 4 is 33.8 Å². The zero-order valence-corrected chi connectivity index (χ0v) is 13.5. The van der Waals surface area contributed by atoms with E-state index in [2.05, 4.69) is 75.4 Å². The lowest BCUT2D eigenvalue weighted by Crippen LogP contribution is -2.17. The van der Waals surface area contributed by atoms with Crippen molar-refractivity contribution in [1.29, 1.82) is 5.26 Å². The number of halogens is 1. The fourth-order valence-corrected chi connectivity index (χ4v) is 2.41. The van der Waals surface area contributed by atoms with Crippen LogP contribution in [0.25, 0.3) is 12.2 Å². The number of nitrogens with zero attached hydrogens (tertiary/aromatic N) is 2.